The number of aromatic nitrogens is 1. The minimum absolute atomic E-state index is 0.174. The number of benzene rings is 3. The summed E-state index contributed by atoms with van der Waals surface area (Å²) < 4.78 is 16.2. The van der Waals surface area contributed by atoms with Crippen LogP contribution in [0.4, 0.5) is 0 Å². The Bertz CT molecular complexity index is 1590. The van der Waals surface area contributed by atoms with Crippen LogP contribution in [0.3, 0.4) is 0 Å². The number of carbonyl (C=O) groups excluding carboxylic acids is 2. The van der Waals surface area contributed by atoms with Crippen molar-refractivity contribution in [1.82, 2.24) is 9.88 Å². The van der Waals surface area contributed by atoms with Gasteiger partial charge in [-0.15, -0.1) is 0 Å². The fraction of sp³-hybridized carbons (Fsp3) is 0.375. The van der Waals surface area contributed by atoms with E-state index in [1.54, 1.807) is 6.07 Å². The fourth-order valence-electron chi connectivity index (χ4n) is 6.35. The molecule has 7 nitrogen and oxygen atoms in total. The van der Waals surface area contributed by atoms with Crippen molar-refractivity contribution < 1.29 is 23.8 Å². The van der Waals surface area contributed by atoms with Crippen molar-refractivity contribution in [3.05, 3.63) is 130 Å². The Morgan fingerprint density at radius 3 is 2.26 bits per heavy atom. The maximum absolute atomic E-state index is 12.1. The maximum atomic E-state index is 12.1. The molecule has 0 aliphatic heterocycles. The average Bonchev–Trinajstić information content (AvgIpc) is 3.13. The highest BCUT2D eigenvalue weighted by Crippen LogP contribution is 2.34. The third-order valence-electron chi connectivity index (χ3n) is 9.00. The van der Waals surface area contributed by atoms with E-state index in [2.05, 4.69) is 82.7 Å². The summed E-state index contributed by atoms with van der Waals surface area (Å²) in [6.45, 7) is 2.19. The van der Waals surface area contributed by atoms with Crippen LogP contribution in [0.1, 0.15) is 82.1 Å². The van der Waals surface area contributed by atoms with Gasteiger partial charge >= 0.3 is 11.9 Å². The number of nitrogens with zero attached hydrogens (tertiary/aromatic N) is 2. The van der Waals surface area contributed by atoms with Crippen LogP contribution in [-0.4, -0.2) is 49.1 Å². The molecule has 0 spiro atoms. The second kappa shape index (κ2) is 17.4. The Hall–Kier alpha value is -4.49. The van der Waals surface area contributed by atoms with Crippen molar-refractivity contribution >= 4 is 11.9 Å². The number of esters is 2. The van der Waals surface area contributed by atoms with E-state index in [0.29, 0.717) is 18.7 Å². The summed E-state index contributed by atoms with van der Waals surface area (Å²) >= 11 is 0. The second-order valence-corrected chi connectivity index (χ2v) is 12.1. The van der Waals surface area contributed by atoms with Crippen LogP contribution in [0.25, 0.3) is 0 Å². The van der Waals surface area contributed by atoms with Crippen molar-refractivity contribution in [3.8, 4) is 5.75 Å². The van der Waals surface area contributed by atoms with Crippen LogP contribution < -0.4 is 4.74 Å². The van der Waals surface area contributed by atoms with Gasteiger partial charge < -0.3 is 14.2 Å². The highest BCUT2D eigenvalue weighted by Gasteiger charge is 2.28. The highest BCUT2D eigenvalue weighted by atomic mass is 16.5. The van der Waals surface area contributed by atoms with E-state index in [4.69, 9.17) is 14.2 Å². The first-order valence-corrected chi connectivity index (χ1v) is 16.8. The van der Waals surface area contributed by atoms with E-state index in [0.717, 1.165) is 81.5 Å². The summed E-state index contributed by atoms with van der Waals surface area (Å²) in [5, 5.41) is 0. The summed E-state index contributed by atoms with van der Waals surface area (Å²) in [7, 11) is 2.82. The highest BCUT2D eigenvalue weighted by molar-refractivity contribution is 5.87. The first-order valence-electron chi connectivity index (χ1n) is 16.8. The summed E-state index contributed by atoms with van der Waals surface area (Å²) in [4.78, 5) is 31.1. The Kier molecular flexibility index (Phi) is 12.6. The molecule has 1 heterocycles. The van der Waals surface area contributed by atoms with Crippen molar-refractivity contribution in [2.45, 2.75) is 70.4 Å². The van der Waals surface area contributed by atoms with E-state index in [-0.39, 0.29) is 12.0 Å². The molecule has 0 fully saturated rings. The fourth-order valence-corrected chi connectivity index (χ4v) is 6.35. The molecule has 1 aliphatic carbocycles. The predicted octanol–water partition coefficient (Wildman–Crippen LogP) is 7.50. The Balaban J connectivity index is 1.23. The van der Waals surface area contributed by atoms with Crippen molar-refractivity contribution in [2.75, 3.05) is 27.3 Å². The van der Waals surface area contributed by atoms with Crippen molar-refractivity contribution in [3.63, 3.8) is 0 Å². The minimum atomic E-state index is -0.412. The standard InChI is InChI=1S/C40H46N2O5/c1-45-39(43)17-8-9-27-42(37-15-10-14-35-34(37)24-25-36(41-35)40(44)46-2)28-26-33-13-6-7-16-38(33)47-29-32-22-20-31(21-23-32)19-18-30-11-4-3-5-12-30/h3-7,11-13,16,20-25,37H,8-10,14-15,17-19,26-29H2,1-2H3. The quantitative estimate of drug-likeness (QED) is 0.0933. The number of ether oxygens (including phenoxy) is 3. The third-order valence-corrected chi connectivity index (χ3v) is 9.00. The Labute approximate surface area is 278 Å². The lowest BCUT2D eigenvalue weighted by Gasteiger charge is -2.36. The van der Waals surface area contributed by atoms with Crippen LogP contribution in [0, 0.1) is 0 Å². The van der Waals surface area contributed by atoms with Gasteiger partial charge in [-0.3, -0.25) is 9.69 Å². The lowest BCUT2D eigenvalue weighted by Crippen LogP contribution is -2.34. The van der Waals surface area contributed by atoms with Gasteiger partial charge in [0, 0.05) is 24.7 Å². The first kappa shape index (κ1) is 33.9. The molecule has 0 bridgehead atoms. The van der Waals surface area contributed by atoms with Crippen LogP contribution in [0.15, 0.2) is 91.0 Å². The molecular formula is C40H46N2O5. The Morgan fingerprint density at radius 1 is 0.766 bits per heavy atom. The van der Waals surface area contributed by atoms with Gasteiger partial charge in [-0.25, -0.2) is 9.78 Å². The molecule has 0 N–H and O–H groups in total. The van der Waals surface area contributed by atoms with Gasteiger partial charge in [-0.1, -0.05) is 78.9 Å². The molecule has 1 aliphatic rings. The summed E-state index contributed by atoms with van der Waals surface area (Å²) in [5.74, 6) is 0.317. The predicted molar refractivity (Wildman–Crippen MR) is 183 cm³/mol. The zero-order chi connectivity index (χ0) is 32.8. The molecule has 0 saturated heterocycles. The van der Waals surface area contributed by atoms with Gasteiger partial charge in [-0.2, -0.15) is 0 Å². The first-order chi connectivity index (χ1) is 23.0. The molecule has 47 heavy (non-hydrogen) atoms. The number of hydrogen-bond donors (Lipinski definition) is 0. The van der Waals surface area contributed by atoms with Crippen LogP contribution in [0.2, 0.25) is 0 Å². The van der Waals surface area contributed by atoms with E-state index >= 15 is 0 Å². The summed E-state index contributed by atoms with van der Waals surface area (Å²) in [6, 6.07) is 31.6. The summed E-state index contributed by atoms with van der Waals surface area (Å²) in [5.41, 5.74) is 7.49. The number of hydrogen-bond acceptors (Lipinski definition) is 7. The topological polar surface area (TPSA) is 78.0 Å². The normalized spacial score (nSPS) is 14.0. The average molecular weight is 635 g/mol. The van der Waals surface area contributed by atoms with E-state index < -0.39 is 5.97 Å². The van der Waals surface area contributed by atoms with Gasteiger partial charge in [0.1, 0.15) is 18.1 Å². The molecule has 4 aromatic rings. The van der Waals surface area contributed by atoms with Crippen molar-refractivity contribution in [1.29, 1.82) is 0 Å². The number of carbonyl (C=O) groups is 2. The lowest BCUT2D eigenvalue weighted by molar-refractivity contribution is -0.140. The van der Waals surface area contributed by atoms with Gasteiger partial charge in [0.05, 0.1) is 14.2 Å². The van der Waals surface area contributed by atoms with E-state index in [1.807, 2.05) is 12.1 Å². The van der Waals surface area contributed by atoms with Gasteiger partial charge in [0.2, 0.25) is 0 Å². The maximum Gasteiger partial charge on any atom is 0.356 e. The van der Waals surface area contributed by atoms with E-state index in [9.17, 15) is 9.59 Å². The molecule has 1 aromatic heterocycles. The molecule has 3 aromatic carbocycles. The molecular weight excluding hydrogens is 588 g/mol. The molecule has 0 amide bonds. The largest absolute Gasteiger partial charge is 0.489 e. The SMILES string of the molecule is COC(=O)CCCCN(CCc1ccccc1OCc1ccc(CCc2ccccc2)cc1)C1CCCc2nc(C(=O)OC)ccc21. The van der Waals surface area contributed by atoms with Gasteiger partial charge in [0.25, 0.3) is 0 Å². The number of fused-ring (bicyclic) bond motifs is 1. The van der Waals surface area contributed by atoms with Crippen LogP contribution in [0.5, 0.6) is 5.75 Å². The molecule has 7 heteroatoms. The third kappa shape index (κ3) is 9.75. The second-order valence-electron chi connectivity index (χ2n) is 12.1. The number of pyridine rings is 1. The smallest absolute Gasteiger partial charge is 0.356 e. The summed E-state index contributed by atoms with van der Waals surface area (Å²) in [6.07, 6.45) is 7.80. The molecule has 0 radical (unpaired) electrons. The number of rotatable bonds is 16. The van der Waals surface area contributed by atoms with Crippen molar-refractivity contribution in [2.24, 2.45) is 0 Å². The number of para-hydroxylation sites is 1. The number of methoxy groups -OCH3 is 2. The lowest BCUT2D eigenvalue weighted by atomic mass is 9.89. The van der Waals surface area contributed by atoms with Gasteiger partial charge in [-0.05, 0) is 97.9 Å². The van der Waals surface area contributed by atoms with E-state index in [1.165, 1.54) is 36.5 Å². The molecule has 1 unspecified atom stereocenters. The molecule has 1 atom stereocenters. The molecule has 0 saturated carbocycles. The Morgan fingerprint density at radius 2 is 1.49 bits per heavy atom. The minimum Gasteiger partial charge on any atom is -0.489 e. The number of unbranched alkanes of at least 4 members (excludes halogenated alkanes) is 1. The van der Waals surface area contributed by atoms with Gasteiger partial charge in [0.15, 0.2) is 0 Å². The zero-order valence-corrected chi connectivity index (χ0v) is 27.7. The van der Waals surface area contributed by atoms with Crippen LogP contribution >= 0.6 is 0 Å². The van der Waals surface area contributed by atoms with Crippen LogP contribution in [-0.2, 0) is 46.6 Å². The molecule has 246 valence electrons. The number of aryl methyl sites for hydroxylation is 3. The zero-order valence-electron chi connectivity index (χ0n) is 27.7. The molecule has 5 rings (SSSR count). The monoisotopic (exact) mass is 634 g/mol.